The van der Waals surface area contributed by atoms with Crippen molar-refractivity contribution < 1.29 is 9.18 Å². The van der Waals surface area contributed by atoms with Crippen molar-refractivity contribution in [3.05, 3.63) is 70.5 Å². The van der Waals surface area contributed by atoms with E-state index in [9.17, 15) is 9.18 Å². The van der Waals surface area contributed by atoms with Crippen LogP contribution < -0.4 is 16.0 Å². The molecule has 2 aromatic carbocycles. The van der Waals surface area contributed by atoms with Crippen LogP contribution in [0.1, 0.15) is 40.9 Å². The van der Waals surface area contributed by atoms with Crippen LogP contribution in [0.4, 0.5) is 4.39 Å². The van der Waals surface area contributed by atoms with E-state index in [0.29, 0.717) is 36.7 Å². The van der Waals surface area contributed by atoms with Gasteiger partial charge in [-0.1, -0.05) is 24.3 Å². The summed E-state index contributed by atoms with van der Waals surface area (Å²) in [4.78, 5) is 16.3. The molecule has 0 aliphatic carbocycles. The third-order valence-corrected chi connectivity index (χ3v) is 4.00. The van der Waals surface area contributed by atoms with Gasteiger partial charge in [-0.05, 0) is 55.7 Å². The number of aliphatic imine (C=N–C) groups is 1. The Bertz CT molecular complexity index is 793. The number of carbonyl (C=O) groups is 1. The molecule has 0 atom stereocenters. The van der Waals surface area contributed by atoms with Crippen LogP contribution in [-0.2, 0) is 13.1 Å². The van der Waals surface area contributed by atoms with Gasteiger partial charge in [-0.25, -0.2) is 9.38 Å². The number of hydrogen-bond acceptors (Lipinski definition) is 2. The highest BCUT2D eigenvalue weighted by atomic mass is 127. The van der Waals surface area contributed by atoms with E-state index in [-0.39, 0.29) is 35.7 Å². The summed E-state index contributed by atoms with van der Waals surface area (Å²) in [6.45, 7) is 8.04. The zero-order chi connectivity index (χ0) is 19.6. The second-order valence-electron chi connectivity index (χ2n) is 6.19. The lowest BCUT2D eigenvalue weighted by Crippen LogP contribution is -2.36. The van der Waals surface area contributed by atoms with Crippen LogP contribution in [0.25, 0.3) is 0 Å². The molecule has 5 nitrogen and oxygen atoms in total. The SMILES string of the molecule is CCNC(=O)c1ccc(CNC(=NCc2ccc(F)c(C)c2)NCC)cc1.I. The van der Waals surface area contributed by atoms with Crippen molar-refractivity contribution in [1.29, 1.82) is 0 Å². The summed E-state index contributed by atoms with van der Waals surface area (Å²) in [6, 6.07) is 12.5. The number of amides is 1. The molecule has 3 N–H and O–H groups in total. The Labute approximate surface area is 183 Å². The molecule has 0 fully saturated rings. The van der Waals surface area contributed by atoms with Gasteiger partial charge in [0.2, 0.25) is 0 Å². The van der Waals surface area contributed by atoms with Crippen molar-refractivity contribution in [2.45, 2.75) is 33.9 Å². The van der Waals surface area contributed by atoms with Crippen molar-refractivity contribution in [1.82, 2.24) is 16.0 Å². The van der Waals surface area contributed by atoms with E-state index in [1.165, 1.54) is 6.07 Å². The van der Waals surface area contributed by atoms with Gasteiger partial charge in [0, 0.05) is 25.2 Å². The molecule has 1 amide bonds. The van der Waals surface area contributed by atoms with Crippen LogP contribution >= 0.6 is 24.0 Å². The van der Waals surface area contributed by atoms with Crippen LogP contribution in [0, 0.1) is 12.7 Å². The summed E-state index contributed by atoms with van der Waals surface area (Å²) >= 11 is 0. The Hall–Kier alpha value is -2.16. The molecule has 152 valence electrons. The third-order valence-electron chi connectivity index (χ3n) is 4.00. The zero-order valence-corrected chi connectivity index (χ0v) is 18.8. The Balaban J connectivity index is 0.00000392. The first-order valence-electron chi connectivity index (χ1n) is 9.17. The minimum Gasteiger partial charge on any atom is -0.357 e. The monoisotopic (exact) mass is 498 g/mol. The zero-order valence-electron chi connectivity index (χ0n) is 16.5. The largest absolute Gasteiger partial charge is 0.357 e. The highest BCUT2D eigenvalue weighted by Gasteiger charge is 2.04. The molecule has 2 rings (SSSR count). The number of carbonyl (C=O) groups excluding carboxylic acids is 1. The molecule has 0 aliphatic heterocycles. The first-order valence-corrected chi connectivity index (χ1v) is 9.17. The van der Waals surface area contributed by atoms with Gasteiger partial charge < -0.3 is 16.0 Å². The van der Waals surface area contributed by atoms with E-state index in [0.717, 1.165) is 17.7 Å². The molecule has 0 saturated carbocycles. The lowest BCUT2D eigenvalue weighted by Gasteiger charge is -2.12. The first kappa shape index (κ1) is 23.9. The molecule has 0 aromatic heterocycles. The fourth-order valence-electron chi connectivity index (χ4n) is 2.54. The minimum atomic E-state index is -0.205. The van der Waals surface area contributed by atoms with Crippen molar-refractivity contribution >= 4 is 35.8 Å². The van der Waals surface area contributed by atoms with Gasteiger partial charge in [0.15, 0.2) is 5.96 Å². The van der Waals surface area contributed by atoms with Crippen LogP contribution in [0.2, 0.25) is 0 Å². The Morgan fingerprint density at radius 2 is 1.61 bits per heavy atom. The second-order valence-corrected chi connectivity index (χ2v) is 6.19. The quantitative estimate of drug-likeness (QED) is 0.310. The molecule has 2 aromatic rings. The van der Waals surface area contributed by atoms with E-state index in [1.807, 2.05) is 44.2 Å². The molecule has 0 aliphatic rings. The Morgan fingerprint density at radius 3 is 2.21 bits per heavy atom. The number of halogens is 2. The minimum absolute atomic E-state index is 0. The van der Waals surface area contributed by atoms with Crippen LogP contribution in [0.5, 0.6) is 0 Å². The van der Waals surface area contributed by atoms with E-state index >= 15 is 0 Å². The summed E-state index contributed by atoms with van der Waals surface area (Å²) in [5.74, 6) is 0.414. The molecular weight excluding hydrogens is 470 g/mol. The summed E-state index contributed by atoms with van der Waals surface area (Å²) in [7, 11) is 0. The topological polar surface area (TPSA) is 65.5 Å². The molecule has 28 heavy (non-hydrogen) atoms. The van der Waals surface area contributed by atoms with Crippen LogP contribution in [0.3, 0.4) is 0 Å². The molecular formula is C21H28FIN4O. The van der Waals surface area contributed by atoms with E-state index in [1.54, 1.807) is 13.0 Å². The highest BCUT2D eigenvalue weighted by Crippen LogP contribution is 2.10. The average molecular weight is 498 g/mol. The number of aryl methyl sites for hydroxylation is 1. The predicted molar refractivity (Wildman–Crippen MR) is 123 cm³/mol. The molecule has 0 radical (unpaired) electrons. The van der Waals surface area contributed by atoms with Crippen LogP contribution in [0.15, 0.2) is 47.5 Å². The van der Waals surface area contributed by atoms with Crippen LogP contribution in [-0.4, -0.2) is 25.0 Å². The smallest absolute Gasteiger partial charge is 0.251 e. The molecule has 0 heterocycles. The number of guanidine groups is 1. The fourth-order valence-corrected chi connectivity index (χ4v) is 2.54. The number of rotatable bonds is 7. The van der Waals surface area contributed by atoms with Crippen molar-refractivity contribution in [2.75, 3.05) is 13.1 Å². The lowest BCUT2D eigenvalue weighted by molar-refractivity contribution is 0.0956. The van der Waals surface area contributed by atoms with E-state index in [4.69, 9.17) is 0 Å². The maximum atomic E-state index is 13.4. The molecule has 0 unspecified atom stereocenters. The van der Waals surface area contributed by atoms with Gasteiger partial charge in [0.25, 0.3) is 5.91 Å². The molecule has 0 spiro atoms. The Morgan fingerprint density at radius 1 is 0.964 bits per heavy atom. The van der Waals surface area contributed by atoms with Gasteiger partial charge in [0.05, 0.1) is 6.54 Å². The van der Waals surface area contributed by atoms with E-state index < -0.39 is 0 Å². The molecule has 0 saturated heterocycles. The van der Waals surface area contributed by atoms with Crippen molar-refractivity contribution in [3.63, 3.8) is 0 Å². The van der Waals surface area contributed by atoms with Crippen molar-refractivity contribution in [2.24, 2.45) is 4.99 Å². The summed E-state index contributed by atoms with van der Waals surface area (Å²) < 4.78 is 13.4. The van der Waals surface area contributed by atoms with Gasteiger partial charge in [-0.3, -0.25) is 4.79 Å². The number of nitrogens with zero attached hydrogens (tertiary/aromatic N) is 1. The number of nitrogens with one attached hydrogen (secondary N) is 3. The summed E-state index contributed by atoms with van der Waals surface area (Å²) in [6.07, 6.45) is 0. The average Bonchev–Trinajstić information content (AvgIpc) is 2.67. The Kier molecular flexibility index (Phi) is 10.5. The fraction of sp³-hybridized carbons (Fsp3) is 0.333. The third kappa shape index (κ3) is 7.46. The van der Waals surface area contributed by atoms with E-state index in [2.05, 4.69) is 20.9 Å². The van der Waals surface area contributed by atoms with Gasteiger partial charge in [0.1, 0.15) is 5.82 Å². The molecule has 7 heteroatoms. The first-order chi connectivity index (χ1) is 13.0. The molecule has 0 bridgehead atoms. The number of hydrogen-bond donors (Lipinski definition) is 3. The normalized spacial score (nSPS) is 10.8. The number of benzene rings is 2. The van der Waals surface area contributed by atoms with Gasteiger partial charge in [-0.2, -0.15) is 0 Å². The van der Waals surface area contributed by atoms with Crippen molar-refractivity contribution in [3.8, 4) is 0 Å². The van der Waals surface area contributed by atoms with Gasteiger partial charge >= 0.3 is 0 Å². The predicted octanol–water partition coefficient (Wildman–Crippen LogP) is 3.76. The second kappa shape index (κ2) is 12.3. The maximum Gasteiger partial charge on any atom is 0.251 e. The lowest BCUT2D eigenvalue weighted by atomic mass is 10.1. The maximum absolute atomic E-state index is 13.4. The highest BCUT2D eigenvalue weighted by molar-refractivity contribution is 14.0. The van der Waals surface area contributed by atoms with Gasteiger partial charge in [-0.15, -0.1) is 24.0 Å². The summed E-state index contributed by atoms with van der Waals surface area (Å²) in [5.41, 5.74) is 3.27. The summed E-state index contributed by atoms with van der Waals surface area (Å²) in [5, 5.41) is 9.25. The standard InChI is InChI=1S/C21H27FN4O.HI/c1-4-23-20(27)18-9-6-16(7-10-18)13-25-21(24-5-2)26-14-17-8-11-19(22)15(3)12-17;/h6-12H,4-5,13-14H2,1-3H3,(H,23,27)(H2,24,25,26);1H.